The molecular formula is C14H19BrN2O3. The third-order valence-corrected chi connectivity index (χ3v) is 4.02. The summed E-state index contributed by atoms with van der Waals surface area (Å²) < 4.78 is 11.3. The van der Waals surface area contributed by atoms with Crippen LogP contribution in [0.4, 0.5) is 0 Å². The fourth-order valence-electron chi connectivity index (χ4n) is 2.36. The lowest BCUT2D eigenvalue weighted by Gasteiger charge is -2.16. The van der Waals surface area contributed by atoms with Gasteiger partial charge in [-0.05, 0) is 47.4 Å². The molecule has 1 aliphatic rings. The Kier molecular flexibility index (Phi) is 5.25. The van der Waals surface area contributed by atoms with Crippen LogP contribution in [0.15, 0.2) is 16.6 Å². The molecule has 5 nitrogen and oxygen atoms in total. The van der Waals surface area contributed by atoms with Crippen LogP contribution in [0.25, 0.3) is 0 Å². The summed E-state index contributed by atoms with van der Waals surface area (Å²) in [6.07, 6.45) is 2.25. The molecule has 0 aliphatic carbocycles. The van der Waals surface area contributed by atoms with Crippen molar-refractivity contribution < 1.29 is 14.3 Å². The molecule has 1 unspecified atom stereocenters. The molecule has 1 fully saturated rings. The number of carbonyl (C=O) groups excluding carboxylic acids is 1. The molecule has 0 radical (unpaired) electrons. The summed E-state index contributed by atoms with van der Waals surface area (Å²) in [5.74, 6) is 0.803. The van der Waals surface area contributed by atoms with Crippen LogP contribution in [-0.2, 0) is 0 Å². The average molecular weight is 343 g/mol. The molecule has 1 aromatic rings. The molecule has 110 valence electrons. The van der Waals surface area contributed by atoms with Gasteiger partial charge in [0.05, 0.1) is 18.7 Å². The van der Waals surface area contributed by atoms with Gasteiger partial charge in [0.15, 0.2) is 0 Å². The SMILES string of the molecule is COc1ccc(Br)c(OC)c1C(=O)NCC1CCCN1. The minimum atomic E-state index is -0.186. The largest absolute Gasteiger partial charge is 0.496 e. The van der Waals surface area contributed by atoms with Crippen molar-refractivity contribution in [2.24, 2.45) is 0 Å². The van der Waals surface area contributed by atoms with Crippen LogP contribution >= 0.6 is 15.9 Å². The van der Waals surface area contributed by atoms with E-state index in [1.54, 1.807) is 12.1 Å². The van der Waals surface area contributed by atoms with E-state index in [4.69, 9.17) is 9.47 Å². The van der Waals surface area contributed by atoms with Crippen molar-refractivity contribution in [2.45, 2.75) is 18.9 Å². The van der Waals surface area contributed by atoms with Crippen molar-refractivity contribution in [1.82, 2.24) is 10.6 Å². The monoisotopic (exact) mass is 342 g/mol. The van der Waals surface area contributed by atoms with Gasteiger partial charge in [-0.1, -0.05) is 0 Å². The molecule has 1 atom stereocenters. The van der Waals surface area contributed by atoms with Gasteiger partial charge in [0.2, 0.25) is 0 Å². The van der Waals surface area contributed by atoms with Crippen LogP contribution in [0.1, 0.15) is 23.2 Å². The first-order chi connectivity index (χ1) is 9.67. The number of benzene rings is 1. The minimum absolute atomic E-state index is 0.186. The Bertz CT molecular complexity index is 488. The van der Waals surface area contributed by atoms with Crippen molar-refractivity contribution in [1.29, 1.82) is 0 Å². The first kappa shape index (κ1) is 15.1. The van der Waals surface area contributed by atoms with Crippen LogP contribution in [0.3, 0.4) is 0 Å². The highest BCUT2D eigenvalue weighted by atomic mass is 79.9. The summed E-state index contributed by atoms with van der Waals surface area (Å²) in [6.45, 7) is 1.63. The lowest BCUT2D eigenvalue weighted by atomic mass is 10.1. The lowest BCUT2D eigenvalue weighted by Crippen LogP contribution is -2.37. The highest BCUT2D eigenvalue weighted by molar-refractivity contribution is 9.10. The van der Waals surface area contributed by atoms with Gasteiger partial charge in [-0.25, -0.2) is 0 Å². The van der Waals surface area contributed by atoms with Crippen LogP contribution in [0.2, 0.25) is 0 Å². The van der Waals surface area contributed by atoms with Gasteiger partial charge in [-0.3, -0.25) is 4.79 Å². The second-order valence-corrected chi connectivity index (χ2v) is 5.52. The zero-order chi connectivity index (χ0) is 14.5. The van der Waals surface area contributed by atoms with E-state index >= 15 is 0 Å². The number of hydrogen-bond acceptors (Lipinski definition) is 4. The van der Waals surface area contributed by atoms with Crippen molar-refractivity contribution >= 4 is 21.8 Å². The first-order valence-corrected chi connectivity index (χ1v) is 7.38. The van der Waals surface area contributed by atoms with Crippen LogP contribution in [0, 0.1) is 0 Å². The Morgan fingerprint density at radius 1 is 1.45 bits per heavy atom. The summed E-state index contributed by atoms with van der Waals surface area (Å²) in [6, 6.07) is 3.89. The van der Waals surface area contributed by atoms with Crippen LogP contribution < -0.4 is 20.1 Å². The highest BCUT2D eigenvalue weighted by Crippen LogP contribution is 2.35. The number of amides is 1. The Hall–Kier alpha value is -1.27. The van der Waals surface area contributed by atoms with E-state index in [0.717, 1.165) is 23.9 Å². The van der Waals surface area contributed by atoms with Gasteiger partial charge >= 0.3 is 0 Å². The summed E-state index contributed by atoms with van der Waals surface area (Å²) in [5, 5.41) is 6.28. The Balaban J connectivity index is 2.16. The van der Waals surface area contributed by atoms with Crippen molar-refractivity contribution in [2.75, 3.05) is 27.3 Å². The molecule has 2 rings (SSSR count). The zero-order valence-electron chi connectivity index (χ0n) is 11.7. The smallest absolute Gasteiger partial charge is 0.258 e. The minimum Gasteiger partial charge on any atom is -0.496 e. The molecule has 0 aromatic heterocycles. The van der Waals surface area contributed by atoms with E-state index in [-0.39, 0.29) is 5.91 Å². The van der Waals surface area contributed by atoms with E-state index in [1.807, 2.05) is 0 Å². The summed E-state index contributed by atoms with van der Waals surface area (Å²) >= 11 is 3.38. The van der Waals surface area contributed by atoms with Gasteiger partial charge in [0.25, 0.3) is 5.91 Å². The third kappa shape index (κ3) is 3.24. The average Bonchev–Trinajstić information content (AvgIpc) is 2.97. The topological polar surface area (TPSA) is 59.6 Å². The molecular weight excluding hydrogens is 324 g/mol. The number of nitrogens with one attached hydrogen (secondary N) is 2. The number of hydrogen-bond donors (Lipinski definition) is 2. The Morgan fingerprint density at radius 2 is 2.25 bits per heavy atom. The molecule has 0 spiro atoms. The molecule has 1 heterocycles. The van der Waals surface area contributed by atoms with Gasteiger partial charge in [-0.2, -0.15) is 0 Å². The maximum atomic E-state index is 12.4. The lowest BCUT2D eigenvalue weighted by molar-refractivity contribution is 0.0944. The van der Waals surface area contributed by atoms with Gasteiger partial charge in [0.1, 0.15) is 17.1 Å². The molecule has 1 saturated heterocycles. The van der Waals surface area contributed by atoms with E-state index in [0.29, 0.717) is 29.6 Å². The molecule has 6 heteroatoms. The normalized spacial score (nSPS) is 17.9. The molecule has 1 aliphatic heterocycles. The quantitative estimate of drug-likeness (QED) is 0.858. The first-order valence-electron chi connectivity index (χ1n) is 6.59. The molecule has 0 saturated carbocycles. The fourth-order valence-corrected chi connectivity index (χ4v) is 2.85. The summed E-state index contributed by atoms with van der Waals surface area (Å²) in [7, 11) is 3.08. The van der Waals surface area contributed by atoms with Crippen LogP contribution in [-0.4, -0.2) is 39.3 Å². The Morgan fingerprint density at radius 3 is 2.85 bits per heavy atom. The third-order valence-electron chi connectivity index (χ3n) is 3.39. The van der Waals surface area contributed by atoms with Gasteiger partial charge in [0, 0.05) is 12.6 Å². The standard InChI is InChI=1S/C14H19BrN2O3/c1-19-11-6-5-10(15)13(20-2)12(11)14(18)17-8-9-4-3-7-16-9/h5-6,9,16H,3-4,7-8H2,1-2H3,(H,17,18). The van der Waals surface area contributed by atoms with Crippen molar-refractivity contribution in [3.63, 3.8) is 0 Å². The van der Waals surface area contributed by atoms with Crippen molar-refractivity contribution in [3.8, 4) is 11.5 Å². The maximum Gasteiger partial charge on any atom is 0.258 e. The van der Waals surface area contributed by atoms with E-state index in [1.165, 1.54) is 14.2 Å². The molecule has 1 amide bonds. The molecule has 20 heavy (non-hydrogen) atoms. The number of methoxy groups -OCH3 is 2. The molecule has 0 bridgehead atoms. The summed E-state index contributed by atoms with van der Waals surface area (Å²) in [4.78, 5) is 12.4. The predicted octanol–water partition coefficient (Wildman–Crippen LogP) is 1.95. The number of ether oxygens (including phenoxy) is 2. The zero-order valence-corrected chi connectivity index (χ0v) is 13.2. The van der Waals surface area contributed by atoms with Crippen LogP contribution in [0.5, 0.6) is 11.5 Å². The number of halogens is 1. The van der Waals surface area contributed by atoms with Crippen molar-refractivity contribution in [3.05, 3.63) is 22.2 Å². The maximum absolute atomic E-state index is 12.4. The van der Waals surface area contributed by atoms with E-state index in [9.17, 15) is 4.79 Å². The second-order valence-electron chi connectivity index (χ2n) is 4.66. The predicted molar refractivity (Wildman–Crippen MR) is 80.6 cm³/mol. The van der Waals surface area contributed by atoms with E-state index < -0.39 is 0 Å². The molecule has 1 aromatic carbocycles. The van der Waals surface area contributed by atoms with Gasteiger partial charge < -0.3 is 20.1 Å². The highest BCUT2D eigenvalue weighted by Gasteiger charge is 2.22. The fraction of sp³-hybridized carbons (Fsp3) is 0.500. The molecule has 2 N–H and O–H groups in total. The van der Waals surface area contributed by atoms with Gasteiger partial charge in [-0.15, -0.1) is 0 Å². The number of carbonyl (C=O) groups is 1. The second kappa shape index (κ2) is 6.95. The Labute approximate surface area is 127 Å². The number of rotatable bonds is 5. The summed E-state index contributed by atoms with van der Waals surface area (Å²) in [5.41, 5.74) is 0.419. The van der Waals surface area contributed by atoms with E-state index in [2.05, 4.69) is 26.6 Å².